The predicted molar refractivity (Wildman–Crippen MR) is 76.7 cm³/mol. The van der Waals surface area contributed by atoms with E-state index in [9.17, 15) is 5.11 Å². The van der Waals surface area contributed by atoms with Crippen LogP contribution >= 0.6 is 0 Å². The summed E-state index contributed by atoms with van der Waals surface area (Å²) < 4.78 is 129. The highest BCUT2D eigenvalue weighted by Crippen LogP contribution is 2.12. The average Bonchev–Trinajstić information content (AvgIpc) is 2.61. The summed E-state index contributed by atoms with van der Waals surface area (Å²) >= 11 is 0. The number of methoxy groups -OCH3 is 1. The molecule has 19 heavy (non-hydrogen) atoms. The molecule has 0 heterocycles. The second kappa shape index (κ2) is 8.91. The van der Waals surface area contributed by atoms with Crippen molar-refractivity contribution < 1.29 is 36.5 Å². The molecule has 4 nitrogen and oxygen atoms in total. The summed E-state index contributed by atoms with van der Waals surface area (Å²) in [5.41, 5.74) is -0.351. The van der Waals surface area contributed by atoms with Crippen LogP contribution in [0.1, 0.15) is 41.2 Å². The molecule has 0 aliphatic carbocycles. The van der Waals surface area contributed by atoms with Gasteiger partial charge in [0, 0.05) is 33.3 Å². The first-order valence-corrected chi connectivity index (χ1v) is 5.17. The van der Waals surface area contributed by atoms with Gasteiger partial charge >= 0.3 is 0 Å². The lowest BCUT2D eigenvalue weighted by Crippen LogP contribution is -2.35. The number of aryl methyl sites for hydroxylation is 1. The minimum atomic E-state index is -3.28. The van der Waals surface area contributed by atoms with Gasteiger partial charge in [-0.05, 0) is 24.1 Å². The van der Waals surface area contributed by atoms with Crippen molar-refractivity contribution in [2.75, 3.05) is 26.7 Å². The minimum Gasteiger partial charge on any atom is -0.491 e. The van der Waals surface area contributed by atoms with Crippen LogP contribution in [0.15, 0.2) is 24.3 Å². The van der Waals surface area contributed by atoms with Gasteiger partial charge in [-0.2, -0.15) is 0 Å². The van der Waals surface area contributed by atoms with E-state index in [0.717, 1.165) is 24.3 Å². The van der Waals surface area contributed by atoms with Crippen molar-refractivity contribution in [2.24, 2.45) is 0 Å². The highest BCUT2D eigenvalue weighted by atomic mass is 16.5. The fraction of sp³-hybridized carbons (Fsp3) is 0.600. The van der Waals surface area contributed by atoms with Gasteiger partial charge in [0.05, 0.1) is 14.8 Å². The molecule has 0 aromatic heterocycles. The Balaban J connectivity index is 3.01. The quantitative estimate of drug-likeness (QED) is 0.723. The third-order valence-corrected chi connectivity index (χ3v) is 1.84. The molecule has 0 radical (unpaired) electrons. The summed E-state index contributed by atoms with van der Waals surface area (Å²) in [5.74, 6) is -0.161. The van der Waals surface area contributed by atoms with Crippen molar-refractivity contribution in [3.05, 3.63) is 29.8 Å². The highest BCUT2D eigenvalue weighted by molar-refractivity contribution is 5.27. The van der Waals surface area contributed by atoms with E-state index in [-0.39, 0.29) is 11.3 Å². The molecule has 0 spiro atoms. The second-order valence-corrected chi connectivity index (χ2v) is 3.29. The van der Waals surface area contributed by atoms with Gasteiger partial charge in [0.15, 0.2) is 0 Å². The van der Waals surface area contributed by atoms with Crippen molar-refractivity contribution in [1.29, 1.82) is 0 Å². The maximum atomic E-state index is 10.2. The smallest absolute Gasteiger partial charge is 0.119 e. The zero-order chi connectivity index (χ0) is 27.9. The summed E-state index contributed by atoms with van der Waals surface area (Å²) in [6.45, 7) is -14.1. The topological polar surface area (TPSA) is 50.7 Å². The van der Waals surface area contributed by atoms with Crippen LogP contribution < -0.4 is 10.1 Å². The van der Waals surface area contributed by atoms with Crippen LogP contribution in [0, 0.1) is 0 Å². The van der Waals surface area contributed by atoms with Gasteiger partial charge in [0.25, 0.3) is 0 Å². The van der Waals surface area contributed by atoms with Gasteiger partial charge in [-0.15, -0.1) is 0 Å². The molecule has 0 aliphatic heterocycles. The van der Waals surface area contributed by atoms with E-state index >= 15 is 0 Å². The molecule has 1 atom stereocenters. The lowest BCUT2D eigenvalue weighted by atomic mass is 10.1. The fourth-order valence-electron chi connectivity index (χ4n) is 1.06. The van der Waals surface area contributed by atoms with Gasteiger partial charge < -0.3 is 19.9 Å². The number of aliphatic hydroxyl groups is 1. The Morgan fingerprint density at radius 1 is 1.42 bits per heavy atom. The van der Waals surface area contributed by atoms with Crippen molar-refractivity contribution in [2.45, 2.75) is 32.2 Å². The van der Waals surface area contributed by atoms with E-state index in [1.165, 1.54) is 0 Å². The molecule has 1 unspecified atom stereocenters. The Hall–Kier alpha value is -1.10. The predicted octanol–water partition coefficient (Wildman–Crippen LogP) is 1.61. The Kier molecular flexibility index (Phi) is 2.09. The number of hydrogen-bond donors (Lipinski definition) is 2. The summed E-state index contributed by atoms with van der Waals surface area (Å²) in [6.07, 6.45) is -6.13. The number of nitrogens with one attached hydrogen (secondary N) is 1. The number of ether oxygens (including phenoxy) is 2. The van der Waals surface area contributed by atoms with E-state index in [0.29, 0.717) is 0 Å². The maximum absolute atomic E-state index is 10.2. The van der Waals surface area contributed by atoms with Crippen LogP contribution in [-0.4, -0.2) is 43.9 Å². The van der Waals surface area contributed by atoms with Crippen LogP contribution in [0.4, 0.5) is 0 Å². The summed E-state index contributed by atoms with van der Waals surface area (Å²) in [7, 11) is -3.22. The van der Waals surface area contributed by atoms with Gasteiger partial charge in [0.1, 0.15) is 18.4 Å². The van der Waals surface area contributed by atoms with E-state index in [2.05, 4.69) is 4.74 Å². The molecule has 2 N–H and O–H groups in total. The van der Waals surface area contributed by atoms with Gasteiger partial charge in [0.2, 0.25) is 0 Å². The summed E-state index contributed by atoms with van der Waals surface area (Å²) in [5, 5.41) is 11.9. The maximum Gasteiger partial charge on any atom is 0.119 e. The average molecular weight is 283 g/mol. The largest absolute Gasteiger partial charge is 0.491 e. The van der Waals surface area contributed by atoms with Gasteiger partial charge in [-0.3, -0.25) is 0 Å². The Bertz CT molecular complexity index is 830. The first-order valence-electron chi connectivity index (χ1n) is 13.2. The molecule has 1 aromatic rings. The lowest BCUT2D eigenvalue weighted by molar-refractivity contribution is 0.104. The van der Waals surface area contributed by atoms with E-state index in [4.69, 9.17) is 26.7 Å². The van der Waals surface area contributed by atoms with Crippen LogP contribution in [-0.2, 0) is 11.1 Å². The van der Waals surface area contributed by atoms with Crippen LogP contribution in [0.5, 0.6) is 5.75 Å². The molecule has 108 valence electrons. The normalized spacial score (nSPS) is 31.1. The van der Waals surface area contributed by atoms with Crippen molar-refractivity contribution in [3.63, 3.8) is 0 Å². The van der Waals surface area contributed by atoms with E-state index < -0.39 is 58.9 Å². The molecular formula is C15H25NO3. The second-order valence-electron chi connectivity index (χ2n) is 3.29. The Morgan fingerprint density at radius 3 is 2.89 bits per heavy atom. The monoisotopic (exact) mass is 283 g/mol. The van der Waals surface area contributed by atoms with Crippen LogP contribution in [0.25, 0.3) is 0 Å². The molecule has 0 saturated heterocycles. The Morgan fingerprint density at radius 2 is 2.21 bits per heavy atom. The summed E-state index contributed by atoms with van der Waals surface area (Å²) in [4.78, 5) is 0. The van der Waals surface area contributed by atoms with Crippen molar-refractivity contribution in [3.8, 4) is 5.75 Å². The van der Waals surface area contributed by atoms with Crippen LogP contribution in [0.2, 0.25) is 0 Å². The number of rotatable bonds is 9. The number of benzene rings is 1. The standard InChI is InChI=1S/C15H25NO3/c1-12(2)16-10-14(17)11-19-15-6-4-13(5-7-15)8-9-18-3/h4-7,12,14,16-17H,8-11H2,1-3H3/i1D3,2D3,3D3,8D2,9D2,10D2,14D. The molecule has 4 heteroatoms. The van der Waals surface area contributed by atoms with Crippen molar-refractivity contribution >= 4 is 0 Å². The molecule has 0 bridgehead atoms. The first-order chi connectivity index (χ1) is 15.2. The molecule has 1 rings (SSSR count). The molecule has 0 aliphatic rings. The van der Waals surface area contributed by atoms with Gasteiger partial charge in [-0.1, -0.05) is 25.8 Å². The molecule has 1 aromatic carbocycles. The molecule has 0 amide bonds. The first kappa shape index (κ1) is 4.45. The summed E-state index contributed by atoms with van der Waals surface area (Å²) in [6, 6.07) is 1.73. The lowest BCUT2D eigenvalue weighted by Gasteiger charge is -2.15. The Labute approximate surface area is 138 Å². The third kappa shape index (κ3) is 7.15. The van der Waals surface area contributed by atoms with E-state index in [1.807, 2.05) is 0 Å². The van der Waals surface area contributed by atoms with Crippen LogP contribution in [0.3, 0.4) is 0 Å². The van der Waals surface area contributed by atoms with Crippen molar-refractivity contribution in [1.82, 2.24) is 5.32 Å². The third-order valence-electron chi connectivity index (χ3n) is 1.84. The zero-order valence-electron chi connectivity index (χ0n) is 25.9. The molecular weight excluding hydrogens is 242 g/mol. The van der Waals surface area contributed by atoms with E-state index in [1.54, 1.807) is 5.32 Å². The fourth-order valence-corrected chi connectivity index (χ4v) is 1.06. The van der Waals surface area contributed by atoms with Gasteiger partial charge in [-0.25, -0.2) is 0 Å². The number of hydrogen-bond acceptors (Lipinski definition) is 4. The SMILES string of the molecule is [2H]C([2H])([2H])OC([2H])([2H])C([2H])([2H])c1ccc(OCC([2H])(O)C([2H])([2H])NC(C([2H])([2H])[2H])C([2H])([2H])[2H])cc1. The highest BCUT2D eigenvalue weighted by Gasteiger charge is 2.05. The minimum absolute atomic E-state index is 0.161. The molecule has 0 fully saturated rings. The molecule has 0 saturated carbocycles. The zero-order valence-corrected chi connectivity index (χ0v) is 9.86.